The molecule has 4 heteroatoms. The Morgan fingerprint density at radius 2 is 2.21 bits per heavy atom. The number of nitrogens with two attached hydrogens (primary N) is 2. The fourth-order valence-corrected chi connectivity index (χ4v) is 1.16. The van der Waals surface area contributed by atoms with Crippen molar-refractivity contribution in [3.8, 4) is 0 Å². The number of benzene rings is 1. The van der Waals surface area contributed by atoms with Crippen LogP contribution in [-0.4, -0.2) is 12.5 Å². The smallest absolute Gasteiger partial charge is 0.219 e. The summed E-state index contributed by atoms with van der Waals surface area (Å²) in [5.74, 6) is -0.316. The molecule has 1 rings (SSSR count). The molecule has 0 atom stereocenters. The zero-order chi connectivity index (χ0) is 10.6. The fourth-order valence-electron chi connectivity index (χ4n) is 1.16. The van der Waals surface area contributed by atoms with Crippen molar-refractivity contribution in [1.82, 2.24) is 0 Å². The first-order valence-corrected chi connectivity index (χ1v) is 4.48. The minimum atomic E-state index is -0.316. The summed E-state index contributed by atoms with van der Waals surface area (Å²) in [6.07, 6.45) is 0.313. The Morgan fingerprint density at radius 1 is 1.50 bits per heavy atom. The van der Waals surface area contributed by atoms with Gasteiger partial charge < -0.3 is 16.8 Å². The van der Waals surface area contributed by atoms with E-state index in [1.165, 1.54) is 0 Å². The van der Waals surface area contributed by atoms with Gasteiger partial charge in [0.25, 0.3) is 0 Å². The molecule has 0 spiro atoms. The molecule has 0 bridgehead atoms. The molecule has 5 N–H and O–H groups in total. The summed E-state index contributed by atoms with van der Waals surface area (Å²) in [4.78, 5) is 10.5. The molecule has 76 valence electrons. The largest absolute Gasteiger partial charge is 0.397 e. The number of primary amides is 1. The monoisotopic (exact) mass is 193 g/mol. The molecule has 4 nitrogen and oxygen atoms in total. The van der Waals surface area contributed by atoms with Crippen molar-refractivity contribution in [3.05, 3.63) is 23.8 Å². The first-order chi connectivity index (χ1) is 6.59. The molecule has 1 amide bonds. The maximum Gasteiger partial charge on any atom is 0.219 e. The Balaban J connectivity index is 2.55. The minimum Gasteiger partial charge on any atom is -0.397 e. The van der Waals surface area contributed by atoms with Crippen LogP contribution in [0.1, 0.15) is 12.0 Å². The number of carbonyl (C=O) groups excluding carboxylic acids is 1. The quantitative estimate of drug-likeness (QED) is 0.620. The zero-order valence-corrected chi connectivity index (χ0v) is 8.21. The van der Waals surface area contributed by atoms with E-state index in [1.54, 1.807) is 0 Å². The fraction of sp³-hybridized carbons (Fsp3) is 0.300. The topological polar surface area (TPSA) is 81.1 Å². The predicted octanol–water partition coefficient (Wildman–Crippen LogP) is 0.865. The van der Waals surface area contributed by atoms with Crippen LogP contribution in [0.25, 0.3) is 0 Å². The lowest BCUT2D eigenvalue weighted by atomic mass is 10.2. The number of nitrogen functional groups attached to an aromatic ring is 1. The van der Waals surface area contributed by atoms with E-state index in [0.717, 1.165) is 11.3 Å². The zero-order valence-electron chi connectivity index (χ0n) is 8.21. The van der Waals surface area contributed by atoms with Gasteiger partial charge >= 0.3 is 0 Å². The van der Waals surface area contributed by atoms with Gasteiger partial charge in [0, 0.05) is 13.0 Å². The van der Waals surface area contributed by atoms with Crippen LogP contribution in [0.2, 0.25) is 0 Å². The van der Waals surface area contributed by atoms with Gasteiger partial charge in [0.1, 0.15) is 0 Å². The van der Waals surface area contributed by atoms with E-state index in [0.29, 0.717) is 18.7 Å². The summed E-state index contributed by atoms with van der Waals surface area (Å²) < 4.78 is 0. The van der Waals surface area contributed by atoms with E-state index in [-0.39, 0.29) is 5.91 Å². The number of carbonyl (C=O) groups is 1. The second kappa shape index (κ2) is 4.50. The van der Waals surface area contributed by atoms with E-state index in [4.69, 9.17) is 11.5 Å². The van der Waals surface area contributed by atoms with Crippen LogP contribution in [0.3, 0.4) is 0 Å². The van der Waals surface area contributed by atoms with Gasteiger partial charge in [-0.25, -0.2) is 0 Å². The molecule has 1 aromatic rings. The van der Waals surface area contributed by atoms with Crippen molar-refractivity contribution in [2.45, 2.75) is 13.3 Å². The van der Waals surface area contributed by atoms with E-state index >= 15 is 0 Å². The number of nitrogens with one attached hydrogen (secondary N) is 1. The molecule has 0 fully saturated rings. The number of anilines is 2. The average Bonchev–Trinajstić information content (AvgIpc) is 2.08. The molecule has 0 radical (unpaired) electrons. The second-order valence-corrected chi connectivity index (χ2v) is 3.23. The highest BCUT2D eigenvalue weighted by Gasteiger charge is 1.99. The molecule has 14 heavy (non-hydrogen) atoms. The second-order valence-electron chi connectivity index (χ2n) is 3.23. The van der Waals surface area contributed by atoms with Crippen molar-refractivity contribution in [3.63, 3.8) is 0 Å². The molecule has 0 aromatic heterocycles. The molecule has 0 aliphatic rings. The molecule has 0 aliphatic heterocycles. The van der Waals surface area contributed by atoms with Crippen molar-refractivity contribution < 1.29 is 4.79 Å². The van der Waals surface area contributed by atoms with Gasteiger partial charge in [-0.1, -0.05) is 6.07 Å². The number of hydrogen-bond donors (Lipinski definition) is 3. The standard InChI is InChI=1S/C10H15N3O/c1-7-2-3-9(8(11)6-7)13-5-4-10(12)14/h2-3,6,13H,4-5,11H2,1H3,(H2,12,14). The highest BCUT2D eigenvalue weighted by molar-refractivity contribution is 5.75. The normalized spacial score (nSPS) is 9.79. The molecular formula is C10H15N3O. The highest BCUT2D eigenvalue weighted by Crippen LogP contribution is 2.18. The maximum atomic E-state index is 10.5. The number of rotatable bonds is 4. The first-order valence-electron chi connectivity index (χ1n) is 4.48. The van der Waals surface area contributed by atoms with Gasteiger partial charge in [0.15, 0.2) is 0 Å². The predicted molar refractivity (Wildman–Crippen MR) is 57.9 cm³/mol. The van der Waals surface area contributed by atoms with E-state index in [1.807, 2.05) is 25.1 Å². The summed E-state index contributed by atoms with van der Waals surface area (Å²) in [6, 6.07) is 5.74. The summed E-state index contributed by atoms with van der Waals surface area (Å²) in [7, 11) is 0. The molecule has 0 aliphatic carbocycles. The number of amides is 1. The molecule has 1 aromatic carbocycles. The van der Waals surface area contributed by atoms with Gasteiger partial charge in [-0.2, -0.15) is 0 Å². The van der Waals surface area contributed by atoms with Gasteiger partial charge in [-0.3, -0.25) is 4.79 Å². The van der Waals surface area contributed by atoms with Crippen molar-refractivity contribution >= 4 is 17.3 Å². The molecule has 0 saturated carbocycles. The minimum absolute atomic E-state index is 0.313. The van der Waals surface area contributed by atoms with E-state index < -0.39 is 0 Å². The SMILES string of the molecule is Cc1ccc(NCCC(N)=O)c(N)c1. The van der Waals surface area contributed by atoms with Gasteiger partial charge in [0.2, 0.25) is 5.91 Å². The summed E-state index contributed by atoms with van der Waals surface area (Å²) >= 11 is 0. The Labute approximate surface area is 83.3 Å². The Bertz CT molecular complexity index is 336. The molecular weight excluding hydrogens is 178 g/mol. The van der Waals surface area contributed by atoms with Gasteiger partial charge in [0.05, 0.1) is 11.4 Å². The molecule has 0 heterocycles. The molecule has 0 saturated heterocycles. The molecule has 0 unspecified atom stereocenters. The third kappa shape index (κ3) is 2.97. The number of hydrogen-bond acceptors (Lipinski definition) is 3. The lowest BCUT2D eigenvalue weighted by molar-refractivity contribution is -0.117. The van der Waals surface area contributed by atoms with Crippen LogP contribution in [0, 0.1) is 6.92 Å². The van der Waals surface area contributed by atoms with E-state index in [2.05, 4.69) is 5.32 Å². The van der Waals surface area contributed by atoms with Crippen LogP contribution in [-0.2, 0) is 4.79 Å². The van der Waals surface area contributed by atoms with Crippen LogP contribution >= 0.6 is 0 Å². The Morgan fingerprint density at radius 3 is 2.79 bits per heavy atom. The number of aryl methyl sites for hydroxylation is 1. The van der Waals surface area contributed by atoms with Gasteiger partial charge in [-0.15, -0.1) is 0 Å². The summed E-state index contributed by atoms with van der Waals surface area (Å²) in [5.41, 5.74) is 13.4. The van der Waals surface area contributed by atoms with Crippen LogP contribution in [0.5, 0.6) is 0 Å². The van der Waals surface area contributed by atoms with Gasteiger partial charge in [-0.05, 0) is 24.6 Å². The van der Waals surface area contributed by atoms with Crippen LogP contribution in [0.15, 0.2) is 18.2 Å². The Hall–Kier alpha value is -1.71. The van der Waals surface area contributed by atoms with Crippen LogP contribution < -0.4 is 16.8 Å². The van der Waals surface area contributed by atoms with Crippen molar-refractivity contribution in [2.75, 3.05) is 17.6 Å². The van der Waals surface area contributed by atoms with Crippen LogP contribution in [0.4, 0.5) is 11.4 Å². The third-order valence-corrected chi connectivity index (χ3v) is 1.89. The van der Waals surface area contributed by atoms with Crippen molar-refractivity contribution in [2.24, 2.45) is 5.73 Å². The third-order valence-electron chi connectivity index (χ3n) is 1.89. The summed E-state index contributed by atoms with van der Waals surface area (Å²) in [6.45, 7) is 2.49. The Kier molecular flexibility index (Phi) is 3.34. The lowest BCUT2D eigenvalue weighted by Gasteiger charge is -2.08. The average molecular weight is 193 g/mol. The first kappa shape index (κ1) is 10.4. The van der Waals surface area contributed by atoms with Crippen molar-refractivity contribution in [1.29, 1.82) is 0 Å². The lowest BCUT2D eigenvalue weighted by Crippen LogP contribution is -2.16. The highest BCUT2D eigenvalue weighted by atomic mass is 16.1. The summed E-state index contributed by atoms with van der Waals surface area (Å²) in [5, 5.41) is 3.05. The van der Waals surface area contributed by atoms with E-state index in [9.17, 15) is 4.79 Å². The maximum absolute atomic E-state index is 10.5.